The fourth-order valence-electron chi connectivity index (χ4n) is 1.93. The SMILES string of the molecule is NC(=O)CCCCNc1cc2nc[nH]c(=O)c2cc1N. The number of nitrogens with one attached hydrogen (secondary N) is 2. The van der Waals surface area contributed by atoms with E-state index in [4.69, 9.17) is 11.5 Å². The molecule has 1 heterocycles. The summed E-state index contributed by atoms with van der Waals surface area (Å²) in [5.41, 5.74) is 12.6. The van der Waals surface area contributed by atoms with Crippen molar-refractivity contribution in [3.63, 3.8) is 0 Å². The number of hydrogen-bond acceptors (Lipinski definition) is 5. The number of nitrogens with zero attached hydrogens (tertiary/aromatic N) is 1. The summed E-state index contributed by atoms with van der Waals surface area (Å²) in [6.07, 6.45) is 3.28. The molecular formula is C13H17N5O2. The summed E-state index contributed by atoms with van der Waals surface area (Å²) < 4.78 is 0. The number of benzene rings is 1. The molecule has 0 spiro atoms. The number of primary amides is 1. The molecule has 1 aromatic carbocycles. The molecule has 0 aliphatic rings. The topological polar surface area (TPSA) is 127 Å². The van der Waals surface area contributed by atoms with Gasteiger partial charge in [-0.2, -0.15) is 0 Å². The molecule has 0 radical (unpaired) electrons. The Labute approximate surface area is 115 Å². The average molecular weight is 275 g/mol. The highest BCUT2D eigenvalue weighted by molar-refractivity contribution is 5.88. The maximum Gasteiger partial charge on any atom is 0.258 e. The molecule has 0 aliphatic carbocycles. The summed E-state index contributed by atoms with van der Waals surface area (Å²) in [7, 11) is 0. The third-order valence-electron chi connectivity index (χ3n) is 2.98. The number of aromatic nitrogens is 2. The zero-order chi connectivity index (χ0) is 14.5. The lowest BCUT2D eigenvalue weighted by Crippen LogP contribution is -2.11. The van der Waals surface area contributed by atoms with Crippen molar-refractivity contribution in [1.29, 1.82) is 0 Å². The normalized spacial score (nSPS) is 10.6. The van der Waals surface area contributed by atoms with E-state index in [-0.39, 0.29) is 11.5 Å². The number of hydrogen-bond donors (Lipinski definition) is 4. The number of amides is 1. The van der Waals surface area contributed by atoms with Gasteiger partial charge in [-0.15, -0.1) is 0 Å². The highest BCUT2D eigenvalue weighted by atomic mass is 16.1. The van der Waals surface area contributed by atoms with Gasteiger partial charge in [0.2, 0.25) is 5.91 Å². The van der Waals surface area contributed by atoms with Gasteiger partial charge < -0.3 is 21.8 Å². The van der Waals surface area contributed by atoms with Gasteiger partial charge in [0, 0.05) is 13.0 Å². The lowest BCUT2D eigenvalue weighted by atomic mass is 10.2. The molecule has 0 saturated heterocycles. The Morgan fingerprint density at radius 3 is 2.90 bits per heavy atom. The minimum Gasteiger partial charge on any atom is -0.397 e. The van der Waals surface area contributed by atoms with Crippen LogP contribution in [0.3, 0.4) is 0 Å². The van der Waals surface area contributed by atoms with E-state index >= 15 is 0 Å². The molecule has 0 atom stereocenters. The lowest BCUT2D eigenvalue weighted by Gasteiger charge is -2.10. The molecule has 106 valence electrons. The van der Waals surface area contributed by atoms with Crippen LogP contribution in [0.15, 0.2) is 23.3 Å². The van der Waals surface area contributed by atoms with Crippen LogP contribution >= 0.6 is 0 Å². The number of unbranched alkanes of at least 4 members (excludes halogenated alkanes) is 1. The van der Waals surface area contributed by atoms with Crippen molar-refractivity contribution in [3.8, 4) is 0 Å². The quantitative estimate of drug-likeness (QED) is 0.453. The first kappa shape index (κ1) is 13.9. The molecule has 2 aromatic rings. The van der Waals surface area contributed by atoms with Crippen molar-refractivity contribution in [2.75, 3.05) is 17.6 Å². The Morgan fingerprint density at radius 1 is 1.35 bits per heavy atom. The van der Waals surface area contributed by atoms with E-state index in [0.717, 1.165) is 18.5 Å². The first-order valence-electron chi connectivity index (χ1n) is 6.37. The van der Waals surface area contributed by atoms with Gasteiger partial charge in [-0.1, -0.05) is 0 Å². The Morgan fingerprint density at radius 2 is 2.15 bits per heavy atom. The molecule has 0 unspecified atom stereocenters. The van der Waals surface area contributed by atoms with Crippen molar-refractivity contribution in [2.45, 2.75) is 19.3 Å². The van der Waals surface area contributed by atoms with Crippen molar-refractivity contribution in [3.05, 3.63) is 28.8 Å². The number of rotatable bonds is 6. The van der Waals surface area contributed by atoms with Crippen molar-refractivity contribution < 1.29 is 4.79 Å². The van der Waals surface area contributed by atoms with E-state index in [9.17, 15) is 9.59 Å². The van der Waals surface area contributed by atoms with Gasteiger partial charge in [-0.3, -0.25) is 9.59 Å². The molecule has 0 saturated carbocycles. The third kappa shape index (κ3) is 3.25. The van der Waals surface area contributed by atoms with Gasteiger partial charge in [0.05, 0.1) is 28.6 Å². The lowest BCUT2D eigenvalue weighted by molar-refractivity contribution is -0.118. The van der Waals surface area contributed by atoms with Crippen molar-refractivity contribution >= 4 is 28.2 Å². The highest BCUT2D eigenvalue weighted by Gasteiger charge is 2.05. The Kier molecular flexibility index (Phi) is 4.19. The fraction of sp³-hybridized carbons (Fsp3) is 0.308. The molecule has 0 fully saturated rings. The molecule has 0 aliphatic heterocycles. The summed E-state index contributed by atoms with van der Waals surface area (Å²) >= 11 is 0. The van der Waals surface area contributed by atoms with Gasteiger partial charge in [-0.05, 0) is 25.0 Å². The highest BCUT2D eigenvalue weighted by Crippen LogP contribution is 2.22. The monoisotopic (exact) mass is 275 g/mol. The van der Waals surface area contributed by atoms with E-state index in [1.165, 1.54) is 6.33 Å². The zero-order valence-corrected chi connectivity index (χ0v) is 11.0. The Balaban J connectivity index is 2.05. The summed E-state index contributed by atoms with van der Waals surface area (Å²) in [4.78, 5) is 28.8. The van der Waals surface area contributed by atoms with E-state index in [1.807, 2.05) is 0 Å². The first-order valence-corrected chi connectivity index (χ1v) is 6.37. The number of nitrogens with two attached hydrogens (primary N) is 2. The molecule has 1 aromatic heterocycles. The van der Waals surface area contributed by atoms with Crippen LogP contribution in [0, 0.1) is 0 Å². The summed E-state index contributed by atoms with van der Waals surface area (Å²) in [6, 6.07) is 3.35. The summed E-state index contributed by atoms with van der Waals surface area (Å²) in [5.74, 6) is -0.293. The number of aromatic amines is 1. The molecule has 20 heavy (non-hydrogen) atoms. The van der Waals surface area contributed by atoms with Crippen LogP contribution in [0.5, 0.6) is 0 Å². The molecule has 0 bridgehead atoms. The predicted octanol–water partition coefficient (Wildman–Crippen LogP) is 0.573. The molecular weight excluding hydrogens is 258 g/mol. The van der Waals surface area contributed by atoms with Crippen LogP contribution in [-0.4, -0.2) is 22.4 Å². The van der Waals surface area contributed by atoms with Gasteiger partial charge in [0.15, 0.2) is 0 Å². The van der Waals surface area contributed by atoms with Gasteiger partial charge in [-0.25, -0.2) is 4.98 Å². The number of H-pyrrole nitrogens is 1. The number of carbonyl (C=O) groups is 1. The largest absolute Gasteiger partial charge is 0.397 e. The number of anilines is 2. The van der Waals surface area contributed by atoms with E-state index in [0.29, 0.717) is 29.6 Å². The average Bonchev–Trinajstić information content (AvgIpc) is 2.40. The second kappa shape index (κ2) is 6.05. The van der Waals surface area contributed by atoms with E-state index < -0.39 is 0 Å². The molecule has 7 nitrogen and oxygen atoms in total. The number of fused-ring (bicyclic) bond motifs is 1. The third-order valence-corrected chi connectivity index (χ3v) is 2.98. The molecule has 6 N–H and O–H groups in total. The zero-order valence-electron chi connectivity index (χ0n) is 11.0. The molecule has 2 rings (SSSR count). The fourth-order valence-corrected chi connectivity index (χ4v) is 1.93. The summed E-state index contributed by atoms with van der Waals surface area (Å²) in [5, 5.41) is 3.63. The minimum atomic E-state index is -0.293. The number of carbonyl (C=O) groups excluding carboxylic acids is 1. The molecule has 7 heteroatoms. The molecule has 1 amide bonds. The van der Waals surface area contributed by atoms with Crippen LogP contribution < -0.4 is 22.3 Å². The van der Waals surface area contributed by atoms with Gasteiger partial charge >= 0.3 is 0 Å². The predicted molar refractivity (Wildman–Crippen MR) is 78.3 cm³/mol. The standard InChI is InChI=1S/C13H17N5O2/c14-9-5-8-10(17-7-18-13(8)20)6-11(9)16-4-2-1-3-12(15)19/h5-7,16H,1-4,14H2,(H2,15,19)(H,17,18,20). The van der Waals surface area contributed by atoms with Crippen LogP contribution in [0.25, 0.3) is 10.9 Å². The minimum absolute atomic E-state index is 0.213. The van der Waals surface area contributed by atoms with E-state index in [2.05, 4.69) is 15.3 Å². The second-order valence-corrected chi connectivity index (χ2v) is 4.54. The Hall–Kier alpha value is -2.57. The van der Waals surface area contributed by atoms with E-state index in [1.54, 1.807) is 12.1 Å². The van der Waals surface area contributed by atoms with Crippen LogP contribution in [0.4, 0.5) is 11.4 Å². The number of nitrogen functional groups attached to an aromatic ring is 1. The first-order chi connectivity index (χ1) is 9.58. The van der Waals surface area contributed by atoms with Crippen LogP contribution in [0.2, 0.25) is 0 Å². The Bertz CT molecular complexity index is 680. The van der Waals surface area contributed by atoms with Crippen LogP contribution in [-0.2, 0) is 4.79 Å². The van der Waals surface area contributed by atoms with Crippen molar-refractivity contribution in [2.24, 2.45) is 5.73 Å². The maximum absolute atomic E-state index is 11.6. The van der Waals surface area contributed by atoms with Crippen molar-refractivity contribution in [1.82, 2.24) is 9.97 Å². The maximum atomic E-state index is 11.6. The smallest absolute Gasteiger partial charge is 0.258 e. The summed E-state index contributed by atoms with van der Waals surface area (Å²) in [6.45, 7) is 0.673. The van der Waals surface area contributed by atoms with Crippen LogP contribution in [0.1, 0.15) is 19.3 Å². The van der Waals surface area contributed by atoms with Gasteiger partial charge in [0.25, 0.3) is 5.56 Å². The van der Waals surface area contributed by atoms with Gasteiger partial charge in [0.1, 0.15) is 0 Å². The second-order valence-electron chi connectivity index (χ2n) is 4.54.